The molecule has 0 aromatic carbocycles. The standard InChI is InChI=1S/C9H17NO.BrH/c1-9(2,3)10-6-4-5-8(11)7-10;/h4-7H2,1-3H3;1H. The number of piperidine rings is 1. The molecule has 1 fully saturated rings. The van der Waals surface area contributed by atoms with E-state index in [-0.39, 0.29) is 22.5 Å². The second-order valence-corrected chi connectivity index (χ2v) is 4.23. The van der Waals surface area contributed by atoms with E-state index < -0.39 is 0 Å². The summed E-state index contributed by atoms with van der Waals surface area (Å²) in [6.07, 6.45) is 1.82. The fourth-order valence-electron chi connectivity index (χ4n) is 1.41. The van der Waals surface area contributed by atoms with Crippen LogP contribution in [0.5, 0.6) is 0 Å². The molecule has 72 valence electrons. The smallest absolute Gasteiger partial charge is 0.146 e. The van der Waals surface area contributed by atoms with Gasteiger partial charge in [-0.15, -0.1) is 17.0 Å². The molecule has 0 aliphatic carbocycles. The summed E-state index contributed by atoms with van der Waals surface area (Å²) in [6.45, 7) is 8.21. The Kier molecular flexibility index (Phi) is 4.42. The Bertz CT molecular complexity index is 162. The van der Waals surface area contributed by atoms with Gasteiger partial charge in [-0.1, -0.05) is 0 Å². The molecule has 12 heavy (non-hydrogen) atoms. The highest BCUT2D eigenvalue weighted by molar-refractivity contribution is 8.93. The van der Waals surface area contributed by atoms with E-state index in [4.69, 9.17) is 0 Å². The number of ketones is 1. The van der Waals surface area contributed by atoms with E-state index in [2.05, 4.69) is 25.7 Å². The van der Waals surface area contributed by atoms with Gasteiger partial charge in [-0.2, -0.15) is 0 Å². The molecule has 0 saturated carbocycles. The van der Waals surface area contributed by atoms with Crippen LogP contribution in [0.1, 0.15) is 33.6 Å². The Labute approximate surface area is 85.1 Å². The minimum Gasteiger partial charge on any atom is -0.298 e. The van der Waals surface area contributed by atoms with E-state index >= 15 is 0 Å². The summed E-state index contributed by atoms with van der Waals surface area (Å²) in [4.78, 5) is 13.3. The third-order valence-electron chi connectivity index (χ3n) is 2.20. The van der Waals surface area contributed by atoms with Crippen molar-refractivity contribution in [3.63, 3.8) is 0 Å². The molecule has 0 amide bonds. The normalized spacial score (nSPS) is 20.4. The van der Waals surface area contributed by atoms with Crippen molar-refractivity contribution in [2.45, 2.75) is 39.2 Å². The van der Waals surface area contributed by atoms with E-state index in [0.717, 1.165) is 19.4 Å². The van der Waals surface area contributed by atoms with Crippen LogP contribution in [0.15, 0.2) is 0 Å². The predicted molar refractivity (Wildman–Crippen MR) is 55.9 cm³/mol. The topological polar surface area (TPSA) is 20.3 Å². The monoisotopic (exact) mass is 235 g/mol. The van der Waals surface area contributed by atoms with Crippen LogP contribution in [0.25, 0.3) is 0 Å². The minimum atomic E-state index is 0. The average Bonchev–Trinajstić information content (AvgIpc) is 1.86. The van der Waals surface area contributed by atoms with Gasteiger partial charge in [0.2, 0.25) is 0 Å². The molecular weight excluding hydrogens is 218 g/mol. The maximum atomic E-state index is 11.1. The van der Waals surface area contributed by atoms with Gasteiger partial charge in [0.25, 0.3) is 0 Å². The maximum absolute atomic E-state index is 11.1. The molecule has 0 aromatic heterocycles. The van der Waals surface area contributed by atoms with Gasteiger partial charge in [0, 0.05) is 12.0 Å². The Hall–Kier alpha value is 0.110. The van der Waals surface area contributed by atoms with Crippen molar-refractivity contribution < 1.29 is 4.79 Å². The lowest BCUT2D eigenvalue weighted by atomic mass is 10.0. The summed E-state index contributed by atoms with van der Waals surface area (Å²) in [7, 11) is 0. The molecule has 1 rings (SSSR count). The lowest BCUT2D eigenvalue weighted by Crippen LogP contribution is -2.47. The highest BCUT2D eigenvalue weighted by Crippen LogP contribution is 2.17. The number of halogens is 1. The Morgan fingerprint density at radius 1 is 1.33 bits per heavy atom. The quantitative estimate of drug-likeness (QED) is 0.641. The molecule has 2 nitrogen and oxygen atoms in total. The SMILES string of the molecule is Br.CC(C)(C)N1CCCC(=O)C1. The molecule has 0 aromatic rings. The van der Waals surface area contributed by atoms with Gasteiger partial charge in [0.15, 0.2) is 0 Å². The number of carbonyl (C=O) groups is 1. The highest BCUT2D eigenvalue weighted by Gasteiger charge is 2.25. The molecule has 0 unspecified atom stereocenters. The molecule has 0 N–H and O–H groups in total. The Morgan fingerprint density at radius 2 is 1.92 bits per heavy atom. The zero-order chi connectivity index (χ0) is 8.48. The lowest BCUT2D eigenvalue weighted by Gasteiger charge is -2.37. The van der Waals surface area contributed by atoms with Crippen molar-refractivity contribution in [1.82, 2.24) is 4.90 Å². The summed E-state index contributed by atoms with van der Waals surface area (Å²) in [5, 5.41) is 0. The molecule has 1 aliphatic heterocycles. The van der Waals surface area contributed by atoms with Crippen LogP contribution in [0, 0.1) is 0 Å². The van der Waals surface area contributed by atoms with Crippen LogP contribution in [-0.2, 0) is 4.79 Å². The molecule has 1 saturated heterocycles. The van der Waals surface area contributed by atoms with Crippen molar-refractivity contribution in [2.24, 2.45) is 0 Å². The van der Waals surface area contributed by atoms with Gasteiger partial charge in [-0.3, -0.25) is 9.69 Å². The van der Waals surface area contributed by atoms with Crippen LogP contribution in [0.2, 0.25) is 0 Å². The number of nitrogens with zero attached hydrogens (tertiary/aromatic N) is 1. The summed E-state index contributed by atoms with van der Waals surface area (Å²) in [5.41, 5.74) is 0.163. The number of likely N-dealkylation sites (tertiary alicyclic amines) is 1. The van der Waals surface area contributed by atoms with Crippen LogP contribution in [0.4, 0.5) is 0 Å². The van der Waals surface area contributed by atoms with Crippen molar-refractivity contribution in [2.75, 3.05) is 13.1 Å². The van der Waals surface area contributed by atoms with Crippen LogP contribution in [0.3, 0.4) is 0 Å². The first-order valence-electron chi connectivity index (χ1n) is 4.27. The molecule has 0 radical (unpaired) electrons. The minimum absolute atomic E-state index is 0. The van der Waals surface area contributed by atoms with E-state index in [1.807, 2.05) is 0 Å². The summed E-state index contributed by atoms with van der Waals surface area (Å²) in [5.74, 6) is 0.395. The van der Waals surface area contributed by atoms with E-state index in [0.29, 0.717) is 12.3 Å². The van der Waals surface area contributed by atoms with Gasteiger partial charge in [-0.25, -0.2) is 0 Å². The first-order valence-corrected chi connectivity index (χ1v) is 4.27. The second-order valence-electron chi connectivity index (χ2n) is 4.23. The first-order chi connectivity index (χ1) is 5.00. The summed E-state index contributed by atoms with van der Waals surface area (Å²) >= 11 is 0. The van der Waals surface area contributed by atoms with E-state index in [9.17, 15) is 4.79 Å². The van der Waals surface area contributed by atoms with Gasteiger partial charge < -0.3 is 0 Å². The third-order valence-corrected chi connectivity index (χ3v) is 2.20. The predicted octanol–water partition coefficient (Wildman–Crippen LogP) is 2.03. The van der Waals surface area contributed by atoms with Gasteiger partial charge >= 0.3 is 0 Å². The zero-order valence-electron chi connectivity index (χ0n) is 8.09. The van der Waals surface area contributed by atoms with Gasteiger partial charge in [-0.05, 0) is 33.7 Å². The Morgan fingerprint density at radius 3 is 2.25 bits per heavy atom. The van der Waals surface area contributed by atoms with Crippen LogP contribution >= 0.6 is 17.0 Å². The molecule has 0 atom stereocenters. The van der Waals surface area contributed by atoms with Crippen molar-refractivity contribution >= 4 is 22.8 Å². The molecule has 3 heteroatoms. The largest absolute Gasteiger partial charge is 0.298 e. The van der Waals surface area contributed by atoms with E-state index in [1.54, 1.807) is 0 Å². The second kappa shape index (κ2) is 4.38. The third kappa shape index (κ3) is 3.23. The lowest BCUT2D eigenvalue weighted by molar-refractivity contribution is -0.123. The highest BCUT2D eigenvalue weighted by atomic mass is 79.9. The molecular formula is C9H18BrNO. The van der Waals surface area contributed by atoms with E-state index in [1.165, 1.54) is 0 Å². The Balaban J connectivity index is 0.00000121. The average molecular weight is 236 g/mol. The maximum Gasteiger partial charge on any atom is 0.146 e. The molecule has 0 bridgehead atoms. The van der Waals surface area contributed by atoms with Crippen molar-refractivity contribution in [3.8, 4) is 0 Å². The molecule has 0 spiro atoms. The number of carbonyl (C=O) groups excluding carboxylic acids is 1. The number of rotatable bonds is 0. The molecule has 1 aliphatic rings. The fourth-order valence-corrected chi connectivity index (χ4v) is 1.41. The first kappa shape index (κ1) is 12.1. The number of Topliss-reactive ketones (excluding diaryl/α,β-unsaturated/α-hetero) is 1. The van der Waals surface area contributed by atoms with Gasteiger partial charge in [0.05, 0.1) is 6.54 Å². The molecule has 1 heterocycles. The summed E-state index contributed by atoms with van der Waals surface area (Å²) in [6, 6.07) is 0. The number of hydrogen-bond donors (Lipinski definition) is 0. The van der Waals surface area contributed by atoms with Gasteiger partial charge in [0.1, 0.15) is 5.78 Å². The number of hydrogen-bond acceptors (Lipinski definition) is 2. The zero-order valence-corrected chi connectivity index (χ0v) is 9.81. The van der Waals surface area contributed by atoms with Crippen molar-refractivity contribution in [1.29, 1.82) is 0 Å². The van der Waals surface area contributed by atoms with Crippen LogP contribution < -0.4 is 0 Å². The fraction of sp³-hybridized carbons (Fsp3) is 0.889. The van der Waals surface area contributed by atoms with Crippen molar-refractivity contribution in [3.05, 3.63) is 0 Å². The van der Waals surface area contributed by atoms with Crippen LogP contribution in [-0.4, -0.2) is 29.3 Å². The summed E-state index contributed by atoms with van der Waals surface area (Å²) < 4.78 is 0.